The molecule has 12 heteroatoms. The van der Waals surface area contributed by atoms with E-state index in [0.717, 1.165) is 5.56 Å². The molecule has 4 rings (SSSR count). The summed E-state index contributed by atoms with van der Waals surface area (Å²) in [5.41, 5.74) is 6.43. The maximum atomic E-state index is 13.8. The highest BCUT2D eigenvalue weighted by atomic mass is 19.3. The number of carbonyl (C=O) groups is 1. The lowest BCUT2D eigenvalue weighted by atomic mass is 9.81. The number of fused-ring (bicyclic) bond motifs is 1. The van der Waals surface area contributed by atoms with Gasteiger partial charge in [0.25, 0.3) is 5.92 Å². The molecule has 36 heavy (non-hydrogen) atoms. The van der Waals surface area contributed by atoms with Crippen LogP contribution in [0, 0.1) is 17.8 Å². The number of nitrogens with zero attached hydrogens (tertiary/aromatic N) is 3. The second-order valence-corrected chi connectivity index (χ2v) is 10.9. The third-order valence-electron chi connectivity index (χ3n) is 6.93. The minimum atomic E-state index is -2.72. The molecule has 2 fully saturated rings. The number of halogens is 4. The predicted octanol–water partition coefficient (Wildman–Crippen LogP) is 4.05. The topological polar surface area (TPSA) is 107 Å². The maximum absolute atomic E-state index is 13.8. The molecule has 2 aliphatic rings. The van der Waals surface area contributed by atoms with Gasteiger partial charge < -0.3 is 21.1 Å². The molecular formula is C24H34F4N6O2. The van der Waals surface area contributed by atoms with Crippen LogP contribution in [0.4, 0.5) is 22.4 Å². The molecule has 2 heterocycles. The van der Waals surface area contributed by atoms with Gasteiger partial charge in [-0.05, 0) is 51.2 Å². The number of nitrogens with one attached hydrogen (secondary N) is 2. The van der Waals surface area contributed by atoms with Gasteiger partial charge in [-0.25, -0.2) is 31.9 Å². The number of nitrogens with two attached hydrogens (primary N) is 1. The largest absolute Gasteiger partial charge is 0.444 e. The standard InChI is InChI=1S/C24H34F4N6O2/c1-22(2,3)36-21(35)33-20(15-4-6-23(25,26)7-5-15)18-13-34-19(32-18)8-14(11-31-34)10-30-12-17-16(9-29)24(17,27)28/h8,11,13,15-17,20,30H,4-7,9-10,12,29H2,1-3H3,(H,33,35)/t16-,17+,20+/m1/s1. The second-order valence-electron chi connectivity index (χ2n) is 10.9. The zero-order chi connectivity index (χ0) is 26.3. The number of alkyl carbamates (subject to hydrolysis) is 1. The van der Waals surface area contributed by atoms with Gasteiger partial charge in [-0.1, -0.05) is 0 Å². The molecule has 2 aliphatic carbocycles. The van der Waals surface area contributed by atoms with E-state index < -0.39 is 41.4 Å². The van der Waals surface area contributed by atoms with Crippen molar-refractivity contribution in [2.24, 2.45) is 23.5 Å². The van der Waals surface area contributed by atoms with Gasteiger partial charge in [0, 0.05) is 44.3 Å². The summed E-state index contributed by atoms with van der Waals surface area (Å²) in [7, 11) is 0. The quantitative estimate of drug-likeness (QED) is 0.459. The molecule has 0 unspecified atom stereocenters. The van der Waals surface area contributed by atoms with Crippen molar-refractivity contribution in [3.8, 4) is 0 Å². The Morgan fingerprint density at radius 3 is 2.56 bits per heavy atom. The van der Waals surface area contributed by atoms with Crippen LogP contribution in [0.15, 0.2) is 18.5 Å². The minimum absolute atomic E-state index is 0.0408. The first kappa shape index (κ1) is 26.6. The van der Waals surface area contributed by atoms with Crippen molar-refractivity contribution < 1.29 is 27.1 Å². The van der Waals surface area contributed by atoms with E-state index in [1.54, 1.807) is 43.7 Å². The highest BCUT2D eigenvalue weighted by Gasteiger charge is 2.66. The predicted molar refractivity (Wildman–Crippen MR) is 125 cm³/mol. The Morgan fingerprint density at radius 1 is 1.25 bits per heavy atom. The number of alkyl halides is 4. The lowest BCUT2D eigenvalue weighted by Gasteiger charge is -2.33. The molecule has 0 radical (unpaired) electrons. The highest BCUT2D eigenvalue weighted by Crippen LogP contribution is 2.54. The van der Waals surface area contributed by atoms with Crippen molar-refractivity contribution in [3.63, 3.8) is 0 Å². The molecule has 1 amide bonds. The van der Waals surface area contributed by atoms with Gasteiger partial charge in [0.05, 0.1) is 24.1 Å². The molecule has 0 saturated heterocycles. The van der Waals surface area contributed by atoms with Crippen LogP contribution in [0.3, 0.4) is 0 Å². The Kier molecular flexibility index (Phi) is 7.22. The van der Waals surface area contributed by atoms with Gasteiger partial charge >= 0.3 is 6.09 Å². The molecule has 0 spiro atoms. The molecule has 0 bridgehead atoms. The molecule has 2 aromatic heterocycles. The van der Waals surface area contributed by atoms with Gasteiger partial charge in [0.1, 0.15) is 5.60 Å². The van der Waals surface area contributed by atoms with Gasteiger partial charge in [-0.2, -0.15) is 5.10 Å². The summed E-state index contributed by atoms with van der Waals surface area (Å²) in [6.45, 7) is 5.66. The van der Waals surface area contributed by atoms with Crippen LogP contribution in [0.25, 0.3) is 5.65 Å². The average Bonchev–Trinajstić information content (AvgIpc) is 3.09. The van der Waals surface area contributed by atoms with Crippen LogP contribution in [-0.2, 0) is 11.3 Å². The number of carbonyl (C=O) groups excluding carboxylic acids is 1. The van der Waals surface area contributed by atoms with Crippen molar-refractivity contribution in [3.05, 3.63) is 29.7 Å². The number of imidazole rings is 1. The van der Waals surface area contributed by atoms with E-state index in [1.807, 2.05) is 0 Å². The lowest BCUT2D eigenvalue weighted by molar-refractivity contribution is -0.0500. The number of ether oxygens (including phenoxy) is 1. The molecule has 0 aliphatic heterocycles. The van der Waals surface area contributed by atoms with Crippen molar-refractivity contribution in [2.45, 2.75) is 76.5 Å². The van der Waals surface area contributed by atoms with Crippen LogP contribution < -0.4 is 16.4 Å². The number of hydrogen-bond donors (Lipinski definition) is 3. The molecule has 2 saturated carbocycles. The van der Waals surface area contributed by atoms with E-state index in [2.05, 4.69) is 20.7 Å². The Labute approximate surface area is 207 Å². The fraction of sp³-hybridized carbons (Fsp3) is 0.708. The van der Waals surface area contributed by atoms with E-state index in [9.17, 15) is 22.4 Å². The first-order valence-corrected chi connectivity index (χ1v) is 12.3. The van der Waals surface area contributed by atoms with Gasteiger partial charge in [0.15, 0.2) is 5.65 Å². The van der Waals surface area contributed by atoms with Crippen molar-refractivity contribution in [2.75, 3.05) is 13.1 Å². The number of amides is 1. The first-order valence-electron chi connectivity index (χ1n) is 12.3. The van der Waals surface area contributed by atoms with Crippen molar-refractivity contribution >= 4 is 11.7 Å². The van der Waals surface area contributed by atoms with Crippen LogP contribution in [0.1, 0.15) is 63.8 Å². The zero-order valence-corrected chi connectivity index (χ0v) is 20.7. The number of aromatic nitrogens is 3. The molecule has 4 N–H and O–H groups in total. The zero-order valence-electron chi connectivity index (χ0n) is 20.7. The summed E-state index contributed by atoms with van der Waals surface area (Å²) in [4.78, 5) is 17.2. The summed E-state index contributed by atoms with van der Waals surface area (Å²) in [6, 6.07) is 1.15. The van der Waals surface area contributed by atoms with Crippen molar-refractivity contribution in [1.29, 1.82) is 0 Å². The van der Waals surface area contributed by atoms with Gasteiger partial charge in [-0.3, -0.25) is 0 Å². The third kappa shape index (κ3) is 6.08. The van der Waals surface area contributed by atoms with E-state index in [-0.39, 0.29) is 44.7 Å². The summed E-state index contributed by atoms with van der Waals surface area (Å²) in [5.74, 6) is -7.21. The van der Waals surface area contributed by atoms with Crippen LogP contribution in [0.2, 0.25) is 0 Å². The van der Waals surface area contributed by atoms with Gasteiger partial charge in [-0.15, -0.1) is 0 Å². The molecule has 2 aromatic rings. The summed E-state index contributed by atoms with van der Waals surface area (Å²) in [5, 5.41) is 10.2. The third-order valence-corrected chi connectivity index (χ3v) is 6.93. The van der Waals surface area contributed by atoms with E-state index in [4.69, 9.17) is 10.5 Å². The van der Waals surface area contributed by atoms with Crippen LogP contribution >= 0.6 is 0 Å². The Hall–Kier alpha value is -2.47. The summed E-state index contributed by atoms with van der Waals surface area (Å²) >= 11 is 0. The van der Waals surface area contributed by atoms with Crippen molar-refractivity contribution in [1.82, 2.24) is 25.2 Å². The SMILES string of the molecule is CC(C)(C)OC(=O)N[C@H](c1cn2ncc(CNC[C@H]3[C@@H](CN)C3(F)F)cc2n1)C1CCC(F)(F)CC1. The van der Waals surface area contributed by atoms with Gasteiger partial charge in [0.2, 0.25) is 5.92 Å². The highest BCUT2D eigenvalue weighted by molar-refractivity contribution is 5.68. The Morgan fingerprint density at radius 2 is 1.94 bits per heavy atom. The Balaban J connectivity index is 1.47. The fourth-order valence-corrected chi connectivity index (χ4v) is 4.88. The molecule has 200 valence electrons. The molecule has 0 aromatic carbocycles. The van der Waals surface area contributed by atoms with Crippen LogP contribution in [0.5, 0.6) is 0 Å². The minimum Gasteiger partial charge on any atom is -0.444 e. The normalized spacial score (nSPS) is 24.4. The van der Waals surface area contributed by atoms with E-state index in [0.29, 0.717) is 17.9 Å². The van der Waals surface area contributed by atoms with E-state index in [1.165, 1.54) is 0 Å². The summed E-state index contributed by atoms with van der Waals surface area (Å²) in [6.07, 6.45) is 2.59. The molecule has 8 nitrogen and oxygen atoms in total. The molecule has 3 atom stereocenters. The number of rotatable bonds is 8. The Bertz CT molecular complexity index is 1080. The lowest BCUT2D eigenvalue weighted by Crippen LogP contribution is -2.40. The number of hydrogen-bond acceptors (Lipinski definition) is 6. The smallest absolute Gasteiger partial charge is 0.408 e. The second kappa shape index (κ2) is 9.77. The summed E-state index contributed by atoms with van der Waals surface area (Å²) < 4.78 is 61.8. The maximum Gasteiger partial charge on any atom is 0.408 e. The monoisotopic (exact) mass is 514 g/mol. The van der Waals surface area contributed by atoms with Crippen LogP contribution in [-0.4, -0.2) is 51.2 Å². The fourth-order valence-electron chi connectivity index (χ4n) is 4.88. The average molecular weight is 515 g/mol. The van der Waals surface area contributed by atoms with E-state index >= 15 is 0 Å². The first-order chi connectivity index (χ1) is 16.8. The molecular weight excluding hydrogens is 480 g/mol.